The van der Waals surface area contributed by atoms with E-state index in [9.17, 15) is 9.59 Å². The number of carbonyl (C=O) groups is 2. The summed E-state index contributed by atoms with van der Waals surface area (Å²) in [7, 11) is 3.94. The van der Waals surface area contributed by atoms with Gasteiger partial charge in [-0.1, -0.05) is 48.2 Å². The van der Waals surface area contributed by atoms with E-state index in [2.05, 4.69) is 5.32 Å². The van der Waals surface area contributed by atoms with Crippen LogP contribution in [0.5, 0.6) is 0 Å². The van der Waals surface area contributed by atoms with Crippen LogP contribution in [-0.4, -0.2) is 54.0 Å². The highest BCUT2D eigenvalue weighted by atomic mass is 32.2. The van der Waals surface area contributed by atoms with Gasteiger partial charge in [0.25, 0.3) is 0 Å². The van der Waals surface area contributed by atoms with Gasteiger partial charge < -0.3 is 19.9 Å². The van der Waals surface area contributed by atoms with Crippen LogP contribution in [-0.2, 0) is 20.9 Å². The Hall–Kier alpha value is -2.88. The molecular formula is C25H28N4O3S2. The molecule has 3 heterocycles. The average Bonchev–Trinajstić information content (AvgIpc) is 3.48. The number of amides is 1. The number of amidine groups is 1. The summed E-state index contributed by atoms with van der Waals surface area (Å²) in [5, 5.41) is 7.68. The van der Waals surface area contributed by atoms with Crippen LogP contribution in [0.2, 0.25) is 0 Å². The third-order valence-electron chi connectivity index (χ3n) is 5.47. The van der Waals surface area contributed by atoms with Crippen LogP contribution in [0, 0.1) is 0 Å². The Labute approximate surface area is 208 Å². The quantitative estimate of drug-likeness (QED) is 0.526. The number of fused-ring (bicyclic) bond motifs is 1. The number of rotatable bonds is 9. The first-order valence-corrected chi connectivity index (χ1v) is 12.8. The highest BCUT2D eigenvalue weighted by molar-refractivity contribution is 8.16. The number of likely N-dealkylation sites (N-methyl/N-ethyl adjacent to an activating group) is 1. The molecule has 1 unspecified atom stereocenters. The normalized spacial score (nSPS) is 17.4. The zero-order chi connectivity index (χ0) is 24.1. The van der Waals surface area contributed by atoms with Crippen LogP contribution >= 0.6 is 23.1 Å². The number of hydrogen-bond acceptors (Lipinski definition) is 8. The Morgan fingerprint density at radius 3 is 2.68 bits per heavy atom. The van der Waals surface area contributed by atoms with E-state index >= 15 is 0 Å². The van der Waals surface area contributed by atoms with Gasteiger partial charge in [-0.2, -0.15) is 0 Å². The van der Waals surface area contributed by atoms with Crippen molar-refractivity contribution < 1.29 is 14.3 Å². The summed E-state index contributed by atoms with van der Waals surface area (Å²) < 4.78 is 5.71. The fraction of sp³-hybridized carbons (Fsp3) is 0.320. The van der Waals surface area contributed by atoms with Crippen molar-refractivity contribution in [3.8, 4) is 0 Å². The lowest BCUT2D eigenvalue weighted by molar-refractivity contribution is -0.141. The minimum Gasteiger partial charge on any atom is -0.457 e. The van der Waals surface area contributed by atoms with Gasteiger partial charge in [-0.15, -0.1) is 11.3 Å². The van der Waals surface area contributed by atoms with Gasteiger partial charge in [0.1, 0.15) is 12.6 Å². The summed E-state index contributed by atoms with van der Waals surface area (Å²) in [5.74, 6) is -0.450. The lowest BCUT2D eigenvalue weighted by Gasteiger charge is -2.35. The van der Waals surface area contributed by atoms with Gasteiger partial charge in [0, 0.05) is 23.7 Å². The number of carbonyl (C=O) groups excluding carboxylic acids is 2. The number of aliphatic imine (C=N–C) groups is 1. The standard InChI is InChI=1S/C25H28N4O3S2/c1-17-22(24(31)32-15-18-8-5-4-6-9-18)23(20-10-7-13-33-20)29-19(16-34-25(29)27-17)14-21(30)26-11-12-28(2)3/h4-10,13,16,23H,11-12,14-15H2,1-3H3,(H,26,30). The molecule has 0 spiro atoms. The molecule has 1 N–H and O–H groups in total. The number of thiophene rings is 1. The highest BCUT2D eigenvalue weighted by Crippen LogP contribution is 2.45. The Morgan fingerprint density at radius 2 is 1.97 bits per heavy atom. The van der Waals surface area contributed by atoms with Gasteiger partial charge in [-0.25, -0.2) is 9.79 Å². The van der Waals surface area contributed by atoms with Gasteiger partial charge in [0.05, 0.1) is 17.7 Å². The Kier molecular flexibility index (Phi) is 7.87. The van der Waals surface area contributed by atoms with E-state index in [1.807, 2.05) is 84.1 Å². The smallest absolute Gasteiger partial charge is 0.338 e. The van der Waals surface area contributed by atoms with E-state index in [0.29, 0.717) is 17.8 Å². The molecule has 1 aromatic heterocycles. The van der Waals surface area contributed by atoms with Gasteiger partial charge >= 0.3 is 5.97 Å². The summed E-state index contributed by atoms with van der Waals surface area (Å²) in [6.45, 7) is 3.39. The maximum Gasteiger partial charge on any atom is 0.338 e. The average molecular weight is 497 g/mol. The lowest BCUT2D eigenvalue weighted by Crippen LogP contribution is -2.38. The molecule has 4 rings (SSSR count). The zero-order valence-electron chi connectivity index (χ0n) is 19.5. The van der Waals surface area contributed by atoms with Crippen LogP contribution in [0.4, 0.5) is 0 Å². The fourth-order valence-electron chi connectivity index (χ4n) is 3.79. The first-order chi connectivity index (χ1) is 16.4. The summed E-state index contributed by atoms with van der Waals surface area (Å²) in [5.41, 5.74) is 2.89. The molecular weight excluding hydrogens is 468 g/mol. The van der Waals surface area contributed by atoms with Crippen molar-refractivity contribution in [1.29, 1.82) is 0 Å². The molecule has 0 saturated carbocycles. The second-order valence-corrected chi connectivity index (χ2v) is 10.1. The summed E-state index contributed by atoms with van der Waals surface area (Å²) in [4.78, 5) is 35.7. The number of hydrogen-bond donors (Lipinski definition) is 1. The molecule has 7 nitrogen and oxygen atoms in total. The largest absolute Gasteiger partial charge is 0.457 e. The van der Waals surface area contributed by atoms with Gasteiger partial charge in [-0.05, 0) is 43.4 Å². The zero-order valence-corrected chi connectivity index (χ0v) is 21.1. The van der Waals surface area contributed by atoms with Crippen LogP contribution in [0.3, 0.4) is 0 Å². The molecule has 0 fully saturated rings. The van der Waals surface area contributed by atoms with Gasteiger partial charge in [0.2, 0.25) is 5.91 Å². The number of esters is 1. The number of ether oxygens (including phenoxy) is 1. The number of allylic oxidation sites excluding steroid dienone is 1. The SMILES string of the molecule is CC1=C(C(=O)OCc2ccccc2)C(c2cccs2)N2C(CC(=O)NCCN(C)C)=CSC2=N1. The number of benzene rings is 1. The van der Waals surface area contributed by atoms with Crippen molar-refractivity contribution in [3.63, 3.8) is 0 Å². The highest BCUT2D eigenvalue weighted by Gasteiger charge is 2.41. The van der Waals surface area contributed by atoms with E-state index in [-0.39, 0.29) is 25.0 Å². The number of nitrogens with zero attached hydrogens (tertiary/aromatic N) is 3. The topological polar surface area (TPSA) is 74.2 Å². The summed E-state index contributed by atoms with van der Waals surface area (Å²) >= 11 is 3.05. The lowest BCUT2D eigenvalue weighted by atomic mass is 9.99. The molecule has 2 aromatic rings. The minimum absolute atomic E-state index is 0.0561. The third-order valence-corrected chi connectivity index (χ3v) is 7.28. The van der Waals surface area contributed by atoms with Crippen LogP contribution < -0.4 is 5.32 Å². The van der Waals surface area contributed by atoms with Gasteiger partial charge in [-0.3, -0.25) is 4.79 Å². The van der Waals surface area contributed by atoms with Crippen molar-refractivity contribution >= 4 is 40.1 Å². The van der Waals surface area contributed by atoms with Crippen molar-refractivity contribution in [2.75, 3.05) is 27.2 Å². The predicted molar refractivity (Wildman–Crippen MR) is 137 cm³/mol. The Morgan fingerprint density at radius 1 is 1.18 bits per heavy atom. The molecule has 178 valence electrons. The second kappa shape index (κ2) is 11.0. The predicted octanol–water partition coefficient (Wildman–Crippen LogP) is 4.13. The molecule has 1 aromatic carbocycles. The van der Waals surface area contributed by atoms with Crippen LogP contribution in [0.15, 0.2) is 75.2 Å². The molecule has 1 atom stereocenters. The third kappa shape index (κ3) is 5.60. The molecule has 0 bridgehead atoms. The van der Waals surface area contributed by atoms with E-state index < -0.39 is 5.97 Å². The molecule has 0 aliphatic carbocycles. The number of thioether (sulfide) groups is 1. The minimum atomic E-state index is -0.394. The van der Waals surface area contributed by atoms with E-state index in [1.54, 1.807) is 11.3 Å². The van der Waals surface area contributed by atoms with Crippen molar-refractivity contribution in [1.82, 2.24) is 15.1 Å². The number of nitrogens with one attached hydrogen (secondary N) is 1. The van der Waals surface area contributed by atoms with Gasteiger partial charge in [0.15, 0.2) is 5.17 Å². The van der Waals surface area contributed by atoms with Crippen LogP contribution in [0.25, 0.3) is 0 Å². The van der Waals surface area contributed by atoms with Crippen molar-refractivity contribution in [2.24, 2.45) is 4.99 Å². The fourth-order valence-corrected chi connectivity index (χ4v) is 5.58. The molecule has 1 amide bonds. The van der Waals surface area contributed by atoms with Crippen molar-refractivity contribution in [2.45, 2.75) is 26.0 Å². The Bertz CT molecular complexity index is 1120. The van der Waals surface area contributed by atoms with Crippen LogP contribution in [0.1, 0.15) is 29.8 Å². The summed E-state index contributed by atoms with van der Waals surface area (Å²) in [6, 6.07) is 13.2. The molecule has 9 heteroatoms. The first kappa shape index (κ1) is 24.3. The molecule has 2 aliphatic rings. The Balaban J connectivity index is 1.55. The van der Waals surface area contributed by atoms with E-state index in [0.717, 1.165) is 27.9 Å². The second-order valence-electron chi connectivity index (χ2n) is 8.30. The molecule has 2 aliphatic heterocycles. The monoisotopic (exact) mass is 496 g/mol. The summed E-state index contributed by atoms with van der Waals surface area (Å²) in [6.07, 6.45) is 0.215. The maximum atomic E-state index is 13.3. The first-order valence-electron chi connectivity index (χ1n) is 11.0. The molecule has 0 radical (unpaired) electrons. The van der Waals surface area contributed by atoms with Crippen molar-refractivity contribution in [3.05, 3.63) is 80.7 Å². The molecule has 34 heavy (non-hydrogen) atoms. The maximum absolute atomic E-state index is 13.3. The molecule has 0 saturated heterocycles. The van der Waals surface area contributed by atoms with E-state index in [1.165, 1.54) is 11.8 Å². The van der Waals surface area contributed by atoms with E-state index in [4.69, 9.17) is 9.73 Å².